The van der Waals surface area contributed by atoms with Gasteiger partial charge < -0.3 is 10.2 Å². The van der Waals surface area contributed by atoms with Crippen molar-refractivity contribution in [3.8, 4) is 0 Å². The number of halogens is 1. The number of nitrogens with zero attached hydrogens (tertiary/aromatic N) is 3. The van der Waals surface area contributed by atoms with Crippen LogP contribution in [0.5, 0.6) is 0 Å². The zero-order chi connectivity index (χ0) is 13.0. The molecule has 0 bridgehead atoms. The Morgan fingerprint density at radius 2 is 2.22 bits per heavy atom. The van der Waals surface area contributed by atoms with E-state index in [0.29, 0.717) is 0 Å². The Bertz CT molecular complexity index is 393. The summed E-state index contributed by atoms with van der Waals surface area (Å²) < 4.78 is 0.860. The van der Waals surface area contributed by atoms with E-state index < -0.39 is 0 Å². The predicted molar refractivity (Wildman–Crippen MR) is 77.9 cm³/mol. The van der Waals surface area contributed by atoms with Gasteiger partial charge in [-0.1, -0.05) is 6.92 Å². The van der Waals surface area contributed by atoms with Crippen LogP contribution in [0.25, 0.3) is 0 Å². The third kappa shape index (κ3) is 4.21. The summed E-state index contributed by atoms with van der Waals surface area (Å²) >= 11 is 3.44. The molecule has 0 aliphatic heterocycles. The average molecular weight is 313 g/mol. The monoisotopic (exact) mass is 312 g/mol. The van der Waals surface area contributed by atoms with Gasteiger partial charge >= 0.3 is 0 Å². The van der Waals surface area contributed by atoms with Gasteiger partial charge in [0.2, 0.25) is 0 Å². The van der Waals surface area contributed by atoms with E-state index in [0.717, 1.165) is 48.2 Å². The first-order chi connectivity index (χ1) is 8.69. The molecule has 1 saturated carbocycles. The summed E-state index contributed by atoms with van der Waals surface area (Å²) in [6.07, 6.45) is 4.71. The highest BCUT2D eigenvalue weighted by Gasteiger charge is 2.25. The highest BCUT2D eigenvalue weighted by Crippen LogP contribution is 2.24. The maximum Gasteiger partial charge on any atom is 0.132 e. The molecule has 1 aliphatic carbocycles. The van der Waals surface area contributed by atoms with E-state index in [2.05, 4.69) is 50.1 Å². The molecule has 18 heavy (non-hydrogen) atoms. The Morgan fingerprint density at radius 3 is 2.89 bits per heavy atom. The number of anilines is 1. The van der Waals surface area contributed by atoms with Crippen LogP contribution in [0.3, 0.4) is 0 Å². The number of hydrogen-bond donors (Lipinski definition) is 1. The molecule has 0 atom stereocenters. The Morgan fingerprint density at radius 1 is 1.44 bits per heavy atom. The Labute approximate surface area is 117 Å². The van der Waals surface area contributed by atoms with E-state index >= 15 is 0 Å². The average Bonchev–Trinajstić information content (AvgIpc) is 3.12. The molecule has 1 aromatic rings. The smallest absolute Gasteiger partial charge is 0.132 e. The van der Waals surface area contributed by atoms with Crippen molar-refractivity contribution in [3.63, 3.8) is 0 Å². The second kappa shape index (κ2) is 6.48. The molecule has 0 amide bonds. The van der Waals surface area contributed by atoms with Crippen LogP contribution >= 0.6 is 15.9 Å². The molecule has 1 fully saturated rings. The summed E-state index contributed by atoms with van der Waals surface area (Å²) in [5, 5.41) is 3.38. The van der Waals surface area contributed by atoms with E-state index in [1.54, 1.807) is 0 Å². The normalized spacial score (nSPS) is 15.1. The van der Waals surface area contributed by atoms with Gasteiger partial charge in [0.05, 0.1) is 0 Å². The molecule has 1 aliphatic rings. The molecule has 0 spiro atoms. The standard InChI is InChI=1S/C13H21BrN4/c1-3-4-12-16-11(14)9-13(17-12)15-7-8-18(2)10-5-6-10/h9-10H,3-8H2,1-2H3,(H,15,16,17). The van der Waals surface area contributed by atoms with Gasteiger partial charge in [-0.05, 0) is 42.2 Å². The van der Waals surface area contributed by atoms with Crippen molar-refractivity contribution in [2.24, 2.45) is 0 Å². The molecule has 0 saturated heterocycles. The third-order valence-electron chi connectivity index (χ3n) is 3.16. The predicted octanol–water partition coefficient (Wildman–Crippen LogP) is 2.70. The van der Waals surface area contributed by atoms with Crippen molar-refractivity contribution in [2.75, 3.05) is 25.5 Å². The van der Waals surface area contributed by atoms with Gasteiger partial charge in [-0.15, -0.1) is 0 Å². The molecule has 0 aromatic carbocycles. The first-order valence-corrected chi connectivity index (χ1v) is 7.46. The Kier molecular flexibility index (Phi) is 4.95. The lowest BCUT2D eigenvalue weighted by atomic mass is 10.3. The Balaban J connectivity index is 1.83. The van der Waals surface area contributed by atoms with Crippen LogP contribution < -0.4 is 5.32 Å². The summed E-state index contributed by atoms with van der Waals surface area (Å²) in [5.41, 5.74) is 0. The van der Waals surface area contributed by atoms with E-state index in [9.17, 15) is 0 Å². The fourth-order valence-corrected chi connectivity index (χ4v) is 2.37. The van der Waals surface area contributed by atoms with Crippen molar-refractivity contribution in [3.05, 3.63) is 16.5 Å². The van der Waals surface area contributed by atoms with Gasteiger partial charge in [-0.3, -0.25) is 0 Å². The van der Waals surface area contributed by atoms with Crippen molar-refractivity contribution in [1.82, 2.24) is 14.9 Å². The van der Waals surface area contributed by atoms with Crippen LogP contribution in [0.2, 0.25) is 0 Å². The molecule has 4 nitrogen and oxygen atoms in total. The minimum absolute atomic E-state index is 0.819. The number of aryl methyl sites for hydroxylation is 1. The molecule has 0 unspecified atom stereocenters. The van der Waals surface area contributed by atoms with Gasteiger partial charge in [0, 0.05) is 31.6 Å². The SMILES string of the molecule is CCCc1nc(Br)cc(NCCN(C)C2CC2)n1. The lowest BCUT2D eigenvalue weighted by Gasteiger charge is -2.16. The number of aromatic nitrogens is 2. The zero-order valence-electron chi connectivity index (χ0n) is 11.1. The minimum atomic E-state index is 0.819. The van der Waals surface area contributed by atoms with Crippen LogP contribution in [0.1, 0.15) is 32.0 Å². The van der Waals surface area contributed by atoms with Crippen molar-refractivity contribution < 1.29 is 0 Å². The summed E-state index contributed by atoms with van der Waals surface area (Å²) in [6.45, 7) is 4.14. The fourth-order valence-electron chi connectivity index (χ4n) is 1.95. The van der Waals surface area contributed by atoms with E-state index in [1.165, 1.54) is 12.8 Å². The quantitative estimate of drug-likeness (QED) is 0.786. The molecule has 1 heterocycles. The van der Waals surface area contributed by atoms with Gasteiger partial charge in [0.15, 0.2) is 0 Å². The van der Waals surface area contributed by atoms with Crippen LogP contribution in [-0.2, 0) is 6.42 Å². The largest absolute Gasteiger partial charge is 0.369 e. The van der Waals surface area contributed by atoms with E-state index in [-0.39, 0.29) is 0 Å². The second-order valence-electron chi connectivity index (χ2n) is 4.88. The van der Waals surface area contributed by atoms with E-state index in [1.807, 2.05) is 6.07 Å². The van der Waals surface area contributed by atoms with Gasteiger partial charge in [-0.2, -0.15) is 0 Å². The van der Waals surface area contributed by atoms with Crippen LogP contribution in [-0.4, -0.2) is 41.0 Å². The van der Waals surface area contributed by atoms with Gasteiger partial charge in [0.25, 0.3) is 0 Å². The number of rotatable bonds is 7. The molecule has 5 heteroatoms. The molecule has 0 radical (unpaired) electrons. The van der Waals surface area contributed by atoms with Crippen molar-refractivity contribution >= 4 is 21.7 Å². The zero-order valence-corrected chi connectivity index (χ0v) is 12.7. The van der Waals surface area contributed by atoms with E-state index in [4.69, 9.17) is 0 Å². The molecule has 2 rings (SSSR count). The molecule has 1 N–H and O–H groups in total. The molecular weight excluding hydrogens is 292 g/mol. The maximum atomic E-state index is 4.51. The minimum Gasteiger partial charge on any atom is -0.369 e. The fraction of sp³-hybridized carbons (Fsp3) is 0.692. The van der Waals surface area contributed by atoms with Gasteiger partial charge in [-0.25, -0.2) is 9.97 Å². The van der Waals surface area contributed by atoms with Crippen LogP contribution in [0.4, 0.5) is 5.82 Å². The molecule has 100 valence electrons. The first-order valence-electron chi connectivity index (χ1n) is 6.66. The lowest BCUT2D eigenvalue weighted by molar-refractivity contribution is 0.337. The highest BCUT2D eigenvalue weighted by molar-refractivity contribution is 9.10. The van der Waals surface area contributed by atoms with Crippen molar-refractivity contribution in [1.29, 1.82) is 0 Å². The first kappa shape index (κ1) is 13.7. The number of nitrogens with one attached hydrogen (secondary N) is 1. The lowest BCUT2D eigenvalue weighted by Crippen LogP contribution is -2.27. The summed E-state index contributed by atoms with van der Waals surface area (Å²) in [4.78, 5) is 11.3. The van der Waals surface area contributed by atoms with Gasteiger partial charge in [0.1, 0.15) is 16.2 Å². The van der Waals surface area contributed by atoms with Crippen LogP contribution in [0.15, 0.2) is 10.7 Å². The van der Waals surface area contributed by atoms with Crippen LogP contribution in [0, 0.1) is 0 Å². The summed E-state index contributed by atoms with van der Waals surface area (Å²) in [7, 11) is 2.19. The summed E-state index contributed by atoms with van der Waals surface area (Å²) in [5.74, 6) is 1.83. The summed E-state index contributed by atoms with van der Waals surface area (Å²) in [6, 6.07) is 2.76. The molecular formula is C13H21BrN4. The number of likely N-dealkylation sites (N-methyl/N-ethyl adjacent to an activating group) is 1. The molecule has 1 aromatic heterocycles. The number of hydrogen-bond acceptors (Lipinski definition) is 4. The maximum absolute atomic E-state index is 4.51. The third-order valence-corrected chi connectivity index (χ3v) is 3.56. The topological polar surface area (TPSA) is 41.1 Å². The van der Waals surface area contributed by atoms with Crippen molar-refractivity contribution in [2.45, 2.75) is 38.6 Å². The Hall–Kier alpha value is -0.680. The highest BCUT2D eigenvalue weighted by atomic mass is 79.9. The second-order valence-corrected chi connectivity index (χ2v) is 5.69.